The molecule has 0 radical (unpaired) electrons. The molecule has 10 heteroatoms. The number of aryl methyl sites for hydroxylation is 1. The van der Waals surface area contributed by atoms with Gasteiger partial charge in [0, 0.05) is 35.0 Å². The number of thiazole rings is 1. The number of nitrogens with one attached hydrogen (secondary N) is 1. The van der Waals surface area contributed by atoms with Crippen molar-refractivity contribution in [3.05, 3.63) is 95.7 Å². The van der Waals surface area contributed by atoms with E-state index in [-0.39, 0.29) is 24.6 Å². The van der Waals surface area contributed by atoms with Crippen molar-refractivity contribution >= 4 is 38.0 Å². The van der Waals surface area contributed by atoms with E-state index in [1.165, 1.54) is 22.3 Å². The SMILES string of the molecule is COc1ccc(CNC(=O)c2cn3c(=O)n(Cc4cccc(Br)c4)c(=O)c(C)c3s2)cn1. The number of carbonyl (C=O) groups is 1. The van der Waals surface area contributed by atoms with Gasteiger partial charge >= 0.3 is 5.69 Å². The number of amides is 1. The molecule has 32 heavy (non-hydrogen) atoms. The molecule has 3 aromatic heterocycles. The first kappa shape index (κ1) is 22.0. The highest BCUT2D eigenvalue weighted by Gasteiger charge is 2.17. The maximum Gasteiger partial charge on any atom is 0.336 e. The first-order valence-corrected chi connectivity index (χ1v) is 11.3. The fourth-order valence-corrected chi connectivity index (χ4v) is 4.68. The van der Waals surface area contributed by atoms with Gasteiger partial charge in [-0.1, -0.05) is 34.1 Å². The monoisotopic (exact) mass is 514 g/mol. The van der Waals surface area contributed by atoms with Crippen molar-refractivity contribution < 1.29 is 9.53 Å². The third kappa shape index (κ3) is 4.37. The van der Waals surface area contributed by atoms with Crippen LogP contribution < -0.4 is 21.3 Å². The zero-order valence-corrected chi connectivity index (χ0v) is 19.7. The lowest BCUT2D eigenvalue weighted by atomic mass is 10.2. The molecule has 0 spiro atoms. The van der Waals surface area contributed by atoms with Gasteiger partial charge in [-0.05, 0) is 30.2 Å². The lowest BCUT2D eigenvalue weighted by Crippen LogP contribution is -2.38. The molecule has 4 rings (SSSR count). The van der Waals surface area contributed by atoms with E-state index in [4.69, 9.17) is 4.74 Å². The molecule has 1 N–H and O–H groups in total. The maximum atomic E-state index is 13.0. The van der Waals surface area contributed by atoms with Gasteiger partial charge in [0.25, 0.3) is 11.5 Å². The minimum absolute atomic E-state index is 0.142. The average Bonchev–Trinajstić information content (AvgIpc) is 3.25. The van der Waals surface area contributed by atoms with Gasteiger partial charge in [-0.25, -0.2) is 9.78 Å². The van der Waals surface area contributed by atoms with Gasteiger partial charge in [0.2, 0.25) is 5.88 Å². The van der Waals surface area contributed by atoms with E-state index < -0.39 is 5.69 Å². The van der Waals surface area contributed by atoms with Crippen LogP contribution in [0.25, 0.3) is 4.83 Å². The van der Waals surface area contributed by atoms with Crippen molar-refractivity contribution in [1.29, 1.82) is 0 Å². The van der Waals surface area contributed by atoms with Crippen molar-refractivity contribution in [1.82, 2.24) is 19.3 Å². The molecule has 0 saturated heterocycles. The summed E-state index contributed by atoms with van der Waals surface area (Å²) in [6.45, 7) is 2.08. The van der Waals surface area contributed by atoms with Crippen molar-refractivity contribution in [3.8, 4) is 5.88 Å². The van der Waals surface area contributed by atoms with Gasteiger partial charge < -0.3 is 10.1 Å². The number of hydrogen-bond acceptors (Lipinski definition) is 6. The Hall–Kier alpha value is -3.24. The predicted octanol–water partition coefficient (Wildman–Crippen LogP) is 2.98. The Labute approximate surface area is 195 Å². The van der Waals surface area contributed by atoms with E-state index in [0.717, 1.165) is 26.9 Å². The number of benzene rings is 1. The van der Waals surface area contributed by atoms with Gasteiger partial charge in [-0.3, -0.25) is 18.6 Å². The van der Waals surface area contributed by atoms with Crippen LogP contribution in [-0.4, -0.2) is 27.0 Å². The topological polar surface area (TPSA) is 94.7 Å². The summed E-state index contributed by atoms with van der Waals surface area (Å²) in [5.41, 5.74) is 1.20. The Bertz CT molecular complexity index is 1420. The number of hydrogen-bond donors (Lipinski definition) is 1. The molecule has 4 aromatic rings. The Kier molecular flexibility index (Phi) is 6.24. The number of carbonyl (C=O) groups excluding carboxylic acids is 1. The number of rotatable bonds is 6. The summed E-state index contributed by atoms with van der Waals surface area (Å²) in [6.07, 6.45) is 3.10. The minimum Gasteiger partial charge on any atom is -0.481 e. The fraction of sp³-hybridized carbons (Fsp3) is 0.182. The summed E-state index contributed by atoms with van der Waals surface area (Å²) in [5.74, 6) is 0.156. The van der Waals surface area contributed by atoms with Crippen molar-refractivity contribution in [2.75, 3.05) is 7.11 Å². The lowest BCUT2D eigenvalue weighted by molar-refractivity contribution is 0.0954. The van der Waals surface area contributed by atoms with Gasteiger partial charge in [0.05, 0.1) is 13.7 Å². The number of methoxy groups -OCH3 is 1. The molecule has 0 fully saturated rings. The lowest BCUT2D eigenvalue weighted by Gasteiger charge is -2.08. The van der Waals surface area contributed by atoms with E-state index in [1.54, 1.807) is 25.3 Å². The molecular formula is C22H19BrN4O4S. The molecule has 0 atom stereocenters. The maximum absolute atomic E-state index is 13.0. The van der Waals surface area contributed by atoms with Gasteiger partial charge in [0.1, 0.15) is 9.71 Å². The van der Waals surface area contributed by atoms with E-state index in [1.807, 2.05) is 24.3 Å². The highest BCUT2D eigenvalue weighted by atomic mass is 79.9. The quantitative estimate of drug-likeness (QED) is 0.426. The van der Waals surface area contributed by atoms with E-state index in [0.29, 0.717) is 21.2 Å². The Morgan fingerprint density at radius 3 is 2.72 bits per heavy atom. The number of ether oxygens (including phenoxy) is 1. The van der Waals surface area contributed by atoms with Gasteiger partial charge in [-0.15, -0.1) is 11.3 Å². The summed E-state index contributed by atoms with van der Waals surface area (Å²) in [5, 5.41) is 2.81. The normalized spacial score (nSPS) is 11.0. The summed E-state index contributed by atoms with van der Waals surface area (Å²) < 4.78 is 8.43. The highest BCUT2D eigenvalue weighted by Crippen LogP contribution is 2.19. The van der Waals surface area contributed by atoms with Crippen molar-refractivity contribution in [3.63, 3.8) is 0 Å². The van der Waals surface area contributed by atoms with Crippen LogP contribution in [0.4, 0.5) is 0 Å². The van der Waals surface area contributed by atoms with Crippen LogP contribution in [0.2, 0.25) is 0 Å². The zero-order valence-electron chi connectivity index (χ0n) is 17.3. The number of nitrogens with zero attached hydrogens (tertiary/aromatic N) is 3. The van der Waals surface area contributed by atoms with Gasteiger partial charge in [-0.2, -0.15) is 0 Å². The fourth-order valence-electron chi connectivity index (χ4n) is 3.23. The average molecular weight is 515 g/mol. The second kappa shape index (κ2) is 9.09. The van der Waals surface area contributed by atoms with E-state index in [2.05, 4.69) is 26.2 Å². The first-order valence-electron chi connectivity index (χ1n) is 9.64. The van der Waals surface area contributed by atoms with Crippen molar-refractivity contribution in [2.45, 2.75) is 20.0 Å². The molecule has 0 aliphatic carbocycles. The van der Waals surface area contributed by atoms with Crippen LogP contribution in [-0.2, 0) is 13.1 Å². The number of fused-ring (bicyclic) bond motifs is 1. The molecule has 8 nitrogen and oxygen atoms in total. The van der Waals surface area contributed by atoms with Gasteiger partial charge in [0.15, 0.2) is 0 Å². The third-order valence-electron chi connectivity index (χ3n) is 4.91. The molecule has 0 bridgehead atoms. The smallest absolute Gasteiger partial charge is 0.336 e. The Balaban J connectivity index is 1.62. The Morgan fingerprint density at radius 1 is 1.22 bits per heavy atom. The zero-order chi connectivity index (χ0) is 22.8. The van der Waals surface area contributed by atoms with Crippen LogP contribution >= 0.6 is 27.3 Å². The van der Waals surface area contributed by atoms with Crippen LogP contribution in [0.15, 0.2) is 62.9 Å². The first-order chi connectivity index (χ1) is 15.4. The standard InChI is InChI=1S/C22H19BrN4O4S/c1-13-20(29)26(11-14-4-3-5-16(23)8-14)22(30)27-12-17(32-21(13)27)19(28)25-10-15-6-7-18(31-2)24-9-15/h3-9,12H,10-11H2,1-2H3,(H,25,28). The number of aromatic nitrogens is 3. The van der Waals surface area contributed by atoms with Crippen LogP contribution in [0.5, 0.6) is 5.88 Å². The third-order valence-corrected chi connectivity index (χ3v) is 6.61. The molecule has 1 amide bonds. The van der Waals surface area contributed by atoms with E-state index >= 15 is 0 Å². The summed E-state index contributed by atoms with van der Waals surface area (Å²) in [6, 6.07) is 10.9. The molecule has 3 heterocycles. The summed E-state index contributed by atoms with van der Waals surface area (Å²) in [4.78, 5) is 43.5. The molecule has 0 unspecified atom stereocenters. The second-order valence-corrected chi connectivity index (χ2v) is 9.04. The van der Waals surface area contributed by atoms with Crippen LogP contribution in [0, 0.1) is 6.92 Å². The molecule has 164 valence electrons. The second-order valence-electron chi connectivity index (χ2n) is 7.09. The van der Waals surface area contributed by atoms with Crippen molar-refractivity contribution in [2.24, 2.45) is 0 Å². The summed E-state index contributed by atoms with van der Waals surface area (Å²) >= 11 is 4.51. The predicted molar refractivity (Wildman–Crippen MR) is 126 cm³/mol. The summed E-state index contributed by atoms with van der Waals surface area (Å²) in [7, 11) is 1.53. The Morgan fingerprint density at radius 2 is 2.03 bits per heavy atom. The molecule has 0 aliphatic heterocycles. The van der Waals surface area contributed by atoms with Crippen LogP contribution in [0.1, 0.15) is 26.4 Å². The van der Waals surface area contributed by atoms with E-state index in [9.17, 15) is 14.4 Å². The molecular weight excluding hydrogens is 496 g/mol. The number of pyridine rings is 1. The highest BCUT2D eigenvalue weighted by molar-refractivity contribution is 9.10. The molecule has 0 saturated carbocycles. The molecule has 0 aliphatic rings. The largest absolute Gasteiger partial charge is 0.481 e. The van der Waals surface area contributed by atoms with Crippen LogP contribution in [0.3, 0.4) is 0 Å². The minimum atomic E-state index is -0.481. The molecule has 1 aromatic carbocycles. The number of halogens is 1.